The van der Waals surface area contributed by atoms with Gasteiger partial charge in [0, 0.05) is 63.0 Å². The third-order valence-corrected chi connectivity index (χ3v) is 7.87. The molecule has 0 atom stereocenters. The Morgan fingerprint density at radius 1 is 1.19 bits per heavy atom. The van der Waals surface area contributed by atoms with Crippen molar-refractivity contribution in [3.8, 4) is 0 Å². The Bertz CT molecular complexity index is 771. The monoisotopic (exact) mass is 407 g/mol. The van der Waals surface area contributed by atoms with Gasteiger partial charge in [-0.1, -0.05) is 6.08 Å². The number of hydrogen-bond donors (Lipinski definition) is 1. The molecule has 0 radical (unpaired) electrons. The Labute approximate surface area is 157 Å². The largest absolute Gasteiger partial charge is 0.432 e. The third-order valence-electron chi connectivity index (χ3n) is 5.94. The van der Waals surface area contributed by atoms with Gasteiger partial charge in [-0.2, -0.15) is 17.5 Å². The van der Waals surface area contributed by atoms with E-state index in [2.05, 4.69) is 10.2 Å². The highest BCUT2D eigenvalue weighted by molar-refractivity contribution is 7.93. The van der Waals surface area contributed by atoms with E-state index >= 15 is 0 Å². The average Bonchev–Trinajstić information content (AvgIpc) is 2.52. The Balaban J connectivity index is 1.43. The number of hydrogen-bond acceptors (Lipinski definition) is 5. The first-order valence-corrected chi connectivity index (χ1v) is 10.6. The predicted molar refractivity (Wildman–Crippen MR) is 92.9 cm³/mol. The smallest absolute Gasteiger partial charge is 0.381 e. The molecule has 3 fully saturated rings. The molecular formula is C17H24F3N3O3S. The Kier molecular flexibility index (Phi) is 4.60. The number of sulfonamides is 1. The lowest BCUT2D eigenvalue weighted by Crippen LogP contribution is -2.74. The van der Waals surface area contributed by atoms with E-state index in [1.807, 2.05) is 0 Å². The molecule has 152 valence electrons. The zero-order chi connectivity index (χ0) is 19.4. The van der Waals surface area contributed by atoms with Crippen LogP contribution in [-0.4, -0.2) is 69.2 Å². The van der Waals surface area contributed by atoms with Crippen LogP contribution in [0.25, 0.3) is 0 Å². The maximum Gasteiger partial charge on any atom is 0.432 e. The van der Waals surface area contributed by atoms with Gasteiger partial charge in [0.05, 0.1) is 4.91 Å². The minimum atomic E-state index is -4.73. The second-order valence-corrected chi connectivity index (χ2v) is 9.99. The Morgan fingerprint density at radius 2 is 1.81 bits per heavy atom. The molecule has 4 aliphatic heterocycles. The van der Waals surface area contributed by atoms with Gasteiger partial charge >= 0.3 is 6.18 Å². The number of ether oxygens (including phenoxy) is 1. The van der Waals surface area contributed by atoms with Crippen molar-refractivity contribution in [2.45, 2.75) is 38.4 Å². The molecule has 1 N–H and O–H groups in total. The SMILES string of the molecule is CC1=CCC(S(=O)(=O)N2CC3(CN(C4CCOCC4)C3)C2)=C(C(F)(F)F)N1. The van der Waals surface area contributed by atoms with Crippen molar-refractivity contribution in [2.24, 2.45) is 5.41 Å². The Morgan fingerprint density at radius 3 is 2.41 bits per heavy atom. The van der Waals surface area contributed by atoms with Gasteiger partial charge in [0.25, 0.3) is 0 Å². The molecule has 0 aromatic heterocycles. The van der Waals surface area contributed by atoms with E-state index in [-0.39, 0.29) is 11.8 Å². The molecule has 27 heavy (non-hydrogen) atoms. The van der Waals surface area contributed by atoms with Crippen molar-refractivity contribution in [1.29, 1.82) is 0 Å². The Hall–Kier alpha value is -1.10. The highest BCUT2D eigenvalue weighted by Crippen LogP contribution is 2.45. The number of likely N-dealkylation sites (tertiary alicyclic amines) is 1. The molecule has 3 saturated heterocycles. The van der Waals surface area contributed by atoms with Crippen LogP contribution in [0.1, 0.15) is 26.2 Å². The summed E-state index contributed by atoms with van der Waals surface area (Å²) in [6.45, 7) is 5.22. The number of allylic oxidation sites excluding steroid dienone is 4. The fraction of sp³-hybridized carbons (Fsp3) is 0.765. The number of rotatable bonds is 3. The lowest BCUT2D eigenvalue weighted by atomic mass is 9.73. The highest BCUT2D eigenvalue weighted by atomic mass is 32.2. The van der Waals surface area contributed by atoms with Gasteiger partial charge in [-0.15, -0.1) is 0 Å². The molecule has 0 saturated carbocycles. The fourth-order valence-corrected chi connectivity index (χ4v) is 6.40. The van der Waals surface area contributed by atoms with Gasteiger partial charge in [0.15, 0.2) is 0 Å². The van der Waals surface area contributed by atoms with Crippen LogP contribution >= 0.6 is 0 Å². The molecule has 4 rings (SSSR count). The normalized spacial score (nSPS) is 27.8. The maximum atomic E-state index is 13.3. The summed E-state index contributed by atoms with van der Waals surface area (Å²) in [6.07, 6.45) is -1.51. The lowest BCUT2D eigenvalue weighted by Gasteiger charge is -2.61. The van der Waals surface area contributed by atoms with Crippen molar-refractivity contribution in [3.05, 3.63) is 22.4 Å². The maximum absolute atomic E-state index is 13.3. The number of halogens is 3. The number of dihydropyridines is 1. The van der Waals surface area contributed by atoms with Gasteiger partial charge in [0.1, 0.15) is 5.70 Å². The molecule has 0 amide bonds. The van der Waals surface area contributed by atoms with Crippen LogP contribution in [-0.2, 0) is 14.8 Å². The number of nitrogens with zero attached hydrogens (tertiary/aromatic N) is 2. The van der Waals surface area contributed by atoms with Crippen LogP contribution < -0.4 is 5.32 Å². The standard InChI is InChI=1S/C17H24F3N3O3S/c1-12-2-3-14(15(21-12)17(18,19)20)27(24,25)23-10-16(11-23)8-22(9-16)13-4-6-26-7-5-13/h2,13,21H,3-11H2,1H3. The van der Waals surface area contributed by atoms with Gasteiger partial charge in [-0.05, 0) is 19.8 Å². The van der Waals surface area contributed by atoms with Crippen molar-refractivity contribution < 1.29 is 26.3 Å². The zero-order valence-corrected chi connectivity index (χ0v) is 16.0. The molecule has 0 unspecified atom stereocenters. The number of alkyl halides is 3. The van der Waals surface area contributed by atoms with E-state index in [1.165, 1.54) is 17.3 Å². The predicted octanol–water partition coefficient (Wildman–Crippen LogP) is 1.78. The van der Waals surface area contributed by atoms with Crippen LogP contribution in [0.2, 0.25) is 0 Å². The first kappa shape index (κ1) is 19.2. The first-order valence-electron chi connectivity index (χ1n) is 9.17. The molecule has 0 aromatic rings. The molecule has 0 bridgehead atoms. The summed E-state index contributed by atoms with van der Waals surface area (Å²) in [5, 5.41) is 2.20. The molecule has 4 aliphatic rings. The fourth-order valence-electron chi connectivity index (χ4n) is 4.48. The van der Waals surface area contributed by atoms with Crippen molar-refractivity contribution in [1.82, 2.24) is 14.5 Å². The van der Waals surface area contributed by atoms with Crippen LogP contribution in [0.5, 0.6) is 0 Å². The lowest BCUT2D eigenvalue weighted by molar-refractivity contribution is -0.116. The van der Waals surface area contributed by atoms with Crippen molar-refractivity contribution in [2.75, 3.05) is 39.4 Å². The van der Waals surface area contributed by atoms with Gasteiger partial charge in [-0.25, -0.2) is 8.42 Å². The molecule has 6 nitrogen and oxygen atoms in total. The van der Waals surface area contributed by atoms with E-state index in [0.29, 0.717) is 24.8 Å². The van der Waals surface area contributed by atoms with E-state index in [9.17, 15) is 21.6 Å². The molecular weight excluding hydrogens is 383 g/mol. The van der Waals surface area contributed by atoms with Crippen LogP contribution in [0.3, 0.4) is 0 Å². The zero-order valence-electron chi connectivity index (χ0n) is 15.2. The first-order chi connectivity index (χ1) is 12.6. The molecule has 1 spiro atoms. The second kappa shape index (κ2) is 6.47. The quantitative estimate of drug-likeness (QED) is 0.773. The highest BCUT2D eigenvalue weighted by Gasteiger charge is 2.57. The summed E-state index contributed by atoms with van der Waals surface area (Å²) in [7, 11) is -4.12. The van der Waals surface area contributed by atoms with E-state index in [0.717, 1.165) is 39.1 Å². The topological polar surface area (TPSA) is 61.9 Å². The van der Waals surface area contributed by atoms with Gasteiger partial charge < -0.3 is 10.1 Å². The molecule has 10 heteroatoms. The van der Waals surface area contributed by atoms with E-state index in [1.54, 1.807) is 0 Å². The van der Waals surface area contributed by atoms with Gasteiger partial charge in [0.2, 0.25) is 10.0 Å². The third kappa shape index (κ3) is 3.41. The minimum absolute atomic E-state index is 0.0990. The summed E-state index contributed by atoms with van der Waals surface area (Å²) in [6, 6.07) is 0.477. The molecule has 0 aromatic carbocycles. The van der Waals surface area contributed by atoms with Gasteiger partial charge in [-0.3, -0.25) is 4.90 Å². The number of nitrogens with one attached hydrogen (secondary N) is 1. The van der Waals surface area contributed by atoms with Crippen molar-refractivity contribution >= 4 is 10.0 Å². The summed E-state index contributed by atoms with van der Waals surface area (Å²) < 4.78 is 72.1. The van der Waals surface area contributed by atoms with Crippen LogP contribution in [0.15, 0.2) is 22.4 Å². The summed E-state index contributed by atoms with van der Waals surface area (Å²) >= 11 is 0. The van der Waals surface area contributed by atoms with E-state index < -0.39 is 26.8 Å². The molecule has 0 aliphatic carbocycles. The molecule has 4 heterocycles. The average molecular weight is 407 g/mol. The summed E-state index contributed by atoms with van der Waals surface area (Å²) in [5.74, 6) is 0. The van der Waals surface area contributed by atoms with Crippen LogP contribution in [0.4, 0.5) is 13.2 Å². The van der Waals surface area contributed by atoms with Crippen LogP contribution in [0, 0.1) is 5.41 Å². The summed E-state index contributed by atoms with van der Waals surface area (Å²) in [5.41, 5.74) is -0.939. The summed E-state index contributed by atoms with van der Waals surface area (Å²) in [4.78, 5) is 1.78. The van der Waals surface area contributed by atoms with Crippen molar-refractivity contribution in [3.63, 3.8) is 0 Å². The van der Waals surface area contributed by atoms with E-state index in [4.69, 9.17) is 4.74 Å². The minimum Gasteiger partial charge on any atom is -0.381 e. The second-order valence-electron chi connectivity index (χ2n) is 8.03.